The van der Waals surface area contributed by atoms with Crippen molar-refractivity contribution in [3.05, 3.63) is 12.2 Å². The summed E-state index contributed by atoms with van der Waals surface area (Å²) >= 11 is 0. The number of carbonyl (C=O) groups is 3. The summed E-state index contributed by atoms with van der Waals surface area (Å²) in [5, 5.41) is 13.9. The van der Waals surface area contributed by atoms with Crippen molar-refractivity contribution in [3.8, 4) is 0 Å². The van der Waals surface area contributed by atoms with Gasteiger partial charge in [0.05, 0.1) is 42.6 Å². The van der Waals surface area contributed by atoms with Gasteiger partial charge in [0.15, 0.2) is 9.84 Å². The molecule has 63 heavy (non-hydrogen) atoms. The first kappa shape index (κ1) is 48.9. The molecule has 0 spiro atoms. The Bertz CT molecular complexity index is 1850. The van der Waals surface area contributed by atoms with Crippen molar-refractivity contribution in [2.75, 3.05) is 58.1 Å². The third-order valence-corrected chi connectivity index (χ3v) is 21.7. The van der Waals surface area contributed by atoms with E-state index in [2.05, 4.69) is 58.3 Å². The molecule has 0 aromatic heterocycles. The van der Waals surface area contributed by atoms with Crippen LogP contribution >= 0.6 is 0 Å². The number of carboxylic acids is 1. The summed E-state index contributed by atoms with van der Waals surface area (Å²) in [5.74, 6) is 0.105. The second-order valence-electron chi connectivity index (χ2n) is 23.5. The molecule has 0 radical (unpaired) electrons. The minimum absolute atomic E-state index is 0.102. The molecule has 0 amide bonds. The fraction of sp³-hybridized carbons (Fsp3) is 0.900. The molecule has 7 rings (SSSR count). The highest BCUT2D eigenvalue weighted by Crippen LogP contribution is 2.76. The Morgan fingerprint density at radius 1 is 0.841 bits per heavy atom. The molecule has 6 aliphatic carbocycles. The smallest absolute Gasteiger partial charge is 0.332 e. The van der Waals surface area contributed by atoms with E-state index in [0.717, 1.165) is 51.4 Å². The van der Waals surface area contributed by atoms with E-state index in [1.165, 1.54) is 18.4 Å². The number of methoxy groups -OCH3 is 1. The quantitative estimate of drug-likeness (QED) is 0.0960. The van der Waals surface area contributed by atoms with Crippen LogP contribution in [-0.2, 0) is 43.2 Å². The van der Waals surface area contributed by atoms with E-state index in [1.54, 1.807) is 7.11 Å². The molecule has 2 N–H and O–H groups in total. The fourth-order valence-corrected chi connectivity index (χ4v) is 17.4. The maximum absolute atomic E-state index is 13.7. The van der Waals surface area contributed by atoms with Gasteiger partial charge < -0.3 is 29.4 Å². The third-order valence-electron chi connectivity index (χ3n) is 20.1. The summed E-state index contributed by atoms with van der Waals surface area (Å²) in [6.07, 6.45) is 10.5. The zero-order valence-electron chi connectivity index (χ0n) is 40.4. The summed E-state index contributed by atoms with van der Waals surface area (Å²) in [6.45, 7) is 27.0. The van der Waals surface area contributed by atoms with Crippen LogP contribution in [0.2, 0.25) is 0 Å². The van der Waals surface area contributed by atoms with Crippen LogP contribution < -0.4 is 5.32 Å². The number of carbonyl (C=O) groups excluding carboxylic acids is 2. The largest absolute Gasteiger partial charge is 0.481 e. The van der Waals surface area contributed by atoms with Crippen molar-refractivity contribution < 1.29 is 46.9 Å². The maximum Gasteiger partial charge on any atom is 0.332 e. The van der Waals surface area contributed by atoms with Gasteiger partial charge in [-0.2, -0.15) is 0 Å². The van der Waals surface area contributed by atoms with Gasteiger partial charge in [0.2, 0.25) is 0 Å². The molecule has 6 saturated carbocycles. The Kier molecular flexibility index (Phi) is 13.6. The number of ether oxygens (including phenoxy) is 4. The number of nitrogens with zero attached hydrogens (tertiary/aromatic N) is 1. The van der Waals surface area contributed by atoms with Gasteiger partial charge in [0, 0.05) is 37.7 Å². The van der Waals surface area contributed by atoms with Crippen molar-refractivity contribution in [3.63, 3.8) is 0 Å². The number of fused-ring (bicyclic) bond motifs is 7. The van der Waals surface area contributed by atoms with Gasteiger partial charge in [-0.25, -0.2) is 13.2 Å². The van der Waals surface area contributed by atoms with Gasteiger partial charge in [-0.3, -0.25) is 14.5 Å². The highest BCUT2D eigenvalue weighted by Gasteiger charge is 2.71. The minimum atomic E-state index is -3.10. The molecule has 12 nitrogen and oxygen atoms in total. The number of nitrogens with one attached hydrogen (secondary N) is 1. The van der Waals surface area contributed by atoms with Gasteiger partial charge in [-0.1, -0.05) is 60.6 Å². The average molecular weight is 903 g/mol. The summed E-state index contributed by atoms with van der Waals surface area (Å²) in [5.41, 5.74) is 0.699. The number of sulfone groups is 1. The lowest BCUT2D eigenvalue weighted by molar-refractivity contribution is -0.248. The number of hydrogen-bond donors (Lipinski definition) is 2. The van der Waals surface area contributed by atoms with Crippen molar-refractivity contribution in [2.24, 2.45) is 68.5 Å². The molecule has 1 aliphatic heterocycles. The Morgan fingerprint density at radius 3 is 2.17 bits per heavy atom. The zero-order chi connectivity index (χ0) is 46.1. The lowest BCUT2D eigenvalue weighted by Gasteiger charge is -2.73. The first-order valence-corrected chi connectivity index (χ1v) is 26.2. The number of hydrogen-bond acceptors (Lipinski definition) is 11. The van der Waals surface area contributed by atoms with Gasteiger partial charge in [-0.05, 0) is 136 Å². The van der Waals surface area contributed by atoms with Crippen molar-refractivity contribution in [1.29, 1.82) is 0 Å². The van der Waals surface area contributed by atoms with Gasteiger partial charge in [0.1, 0.15) is 18.8 Å². The van der Waals surface area contributed by atoms with Crippen LogP contribution in [-0.4, -0.2) is 118 Å². The molecule has 7 aliphatic rings. The normalized spacial score (nSPS) is 42.2. The predicted octanol–water partition coefficient (Wildman–Crippen LogP) is 7.34. The second kappa shape index (κ2) is 17.5. The molecule has 358 valence electrons. The molecule has 1 heterocycles. The van der Waals surface area contributed by atoms with Crippen LogP contribution in [0, 0.1) is 68.5 Å². The molecule has 0 aromatic rings. The van der Waals surface area contributed by atoms with Crippen molar-refractivity contribution >= 4 is 27.7 Å². The van der Waals surface area contributed by atoms with E-state index in [9.17, 15) is 27.9 Å². The van der Waals surface area contributed by atoms with Crippen LogP contribution in [0.3, 0.4) is 0 Å². The molecule has 0 bridgehead atoms. The molecule has 2 unspecified atom stereocenters. The van der Waals surface area contributed by atoms with E-state index in [0.29, 0.717) is 68.9 Å². The summed E-state index contributed by atoms with van der Waals surface area (Å²) in [4.78, 5) is 40.7. The van der Waals surface area contributed by atoms with Crippen molar-refractivity contribution in [1.82, 2.24) is 10.2 Å². The molecule has 7 fully saturated rings. The van der Waals surface area contributed by atoms with Gasteiger partial charge in [0.25, 0.3) is 0 Å². The van der Waals surface area contributed by atoms with E-state index < -0.39 is 39.2 Å². The number of allylic oxidation sites excluding steroid dienone is 1. The standard InChI is InChI=1S/C50H82N2O10S/c1-31(2)33-14-19-50(51-29-37(52-22-26-63(57,58)27-23-52)32(3)61-41(53)30-60-25-24-59-11)21-20-48(9)34(42(33)50)12-13-39-47(8)17-16-40(46(6,7)38(47)15-18-49(39,48)10)62-44(56)36-28-35(43(54)55)45(36,4)5/h32-40,42,51H,1,12-30H2,2-11H3,(H,54,55)/t32?,33-,34+,35-,36+,37?,38-,39+,40-,42+,47-,48+,49+,50-/m0/s1. The molecular formula is C50H82N2O10S. The Morgan fingerprint density at radius 2 is 1.54 bits per heavy atom. The Hall–Kier alpha value is -2.06. The lowest BCUT2D eigenvalue weighted by Crippen LogP contribution is -2.69. The van der Waals surface area contributed by atoms with Gasteiger partial charge >= 0.3 is 17.9 Å². The first-order chi connectivity index (χ1) is 29.4. The topological polar surface area (TPSA) is 158 Å². The number of aliphatic carboxylic acids is 1. The molecule has 14 atom stereocenters. The van der Waals surface area contributed by atoms with Crippen molar-refractivity contribution in [2.45, 2.75) is 157 Å². The van der Waals surface area contributed by atoms with Crippen LogP contribution in [0.15, 0.2) is 12.2 Å². The summed E-state index contributed by atoms with van der Waals surface area (Å²) < 4.78 is 48.1. The SMILES string of the molecule is C=C(C)[C@@H]1CC[C@]2(NCC(C(C)OC(=O)COCCOC)N3CCS(=O)(=O)CC3)CC[C@]3(C)[C@H](CC[C@@H]4[C@@]5(C)CC[C@H](OC(=O)[C@H]6C[C@@H](C(=O)O)C6(C)C)C(C)(C)[C@@H]5CC[C@]43C)[C@@H]12. The number of esters is 2. The number of rotatable bonds is 15. The predicted molar refractivity (Wildman–Crippen MR) is 242 cm³/mol. The van der Waals surface area contributed by atoms with E-state index in [4.69, 9.17) is 18.9 Å². The highest BCUT2D eigenvalue weighted by atomic mass is 32.2. The third kappa shape index (κ3) is 8.38. The first-order valence-electron chi connectivity index (χ1n) is 24.4. The second-order valence-corrected chi connectivity index (χ2v) is 25.8. The van der Waals surface area contributed by atoms with E-state index in [1.807, 2.05) is 20.8 Å². The van der Waals surface area contributed by atoms with Crippen LogP contribution in [0.4, 0.5) is 0 Å². The van der Waals surface area contributed by atoms with Crippen LogP contribution in [0.25, 0.3) is 0 Å². The maximum atomic E-state index is 13.7. The lowest BCUT2D eigenvalue weighted by atomic mass is 9.32. The molecular weight excluding hydrogens is 821 g/mol. The molecule has 13 heteroatoms. The highest BCUT2D eigenvalue weighted by molar-refractivity contribution is 7.91. The van der Waals surface area contributed by atoms with E-state index in [-0.39, 0.29) is 69.3 Å². The Balaban J connectivity index is 1.09. The van der Waals surface area contributed by atoms with Crippen LogP contribution in [0.1, 0.15) is 133 Å². The minimum Gasteiger partial charge on any atom is -0.481 e. The summed E-state index contributed by atoms with van der Waals surface area (Å²) in [6, 6.07) is -0.196. The van der Waals surface area contributed by atoms with Crippen LogP contribution in [0.5, 0.6) is 0 Å². The monoisotopic (exact) mass is 903 g/mol. The zero-order valence-corrected chi connectivity index (χ0v) is 41.2. The van der Waals surface area contributed by atoms with Gasteiger partial charge in [-0.15, -0.1) is 0 Å². The molecule has 0 aromatic carbocycles. The Labute approximate surface area is 379 Å². The number of carboxylic acid groups (broad SMARTS) is 1. The average Bonchev–Trinajstić information content (AvgIpc) is 3.58. The molecule has 1 saturated heterocycles. The fourth-order valence-electron chi connectivity index (χ4n) is 16.2. The summed E-state index contributed by atoms with van der Waals surface area (Å²) in [7, 11) is -1.51. The van der Waals surface area contributed by atoms with E-state index >= 15 is 0 Å².